The molecule has 0 bridgehead atoms. The first-order valence-electron chi connectivity index (χ1n) is 6.94. The van der Waals surface area contributed by atoms with Gasteiger partial charge in [-0.15, -0.1) is 11.8 Å². The normalized spacial score (nSPS) is 17.6. The van der Waals surface area contributed by atoms with Gasteiger partial charge in [-0.05, 0) is 42.0 Å². The van der Waals surface area contributed by atoms with Crippen LogP contribution in [0.15, 0.2) is 53.4 Å². The van der Waals surface area contributed by atoms with E-state index in [1.807, 2.05) is 0 Å². The van der Waals surface area contributed by atoms with Gasteiger partial charge in [-0.2, -0.15) is 0 Å². The Bertz CT molecular complexity index is 585. The summed E-state index contributed by atoms with van der Waals surface area (Å²) in [5.41, 5.74) is 3.90. The van der Waals surface area contributed by atoms with E-state index in [1.165, 1.54) is 16.0 Å². The number of anilines is 1. The van der Waals surface area contributed by atoms with Crippen LogP contribution in [0.3, 0.4) is 0 Å². The highest BCUT2D eigenvalue weighted by molar-refractivity contribution is 7.98. The molecule has 1 atom stereocenters. The first-order valence-corrected chi connectivity index (χ1v) is 8.16. The standard InChI is InChI=1S/C17H19NOS/c1-20-15-7-4-6-14(11-15)18-12-17-16-8-3-2-5-13(16)9-10-19-17/h2-8,11,17-18H,9-10,12H2,1H3. The van der Waals surface area contributed by atoms with Crippen LogP contribution in [0.4, 0.5) is 5.69 Å². The molecule has 2 nitrogen and oxygen atoms in total. The first kappa shape index (κ1) is 13.5. The summed E-state index contributed by atoms with van der Waals surface area (Å²) in [6, 6.07) is 17.1. The summed E-state index contributed by atoms with van der Waals surface area (Å²) in [5, 5.41) is 3.49. The van der Waals surface area contributed by atoms with Gasteiger partial charge in [-0.1, -0.05) is 30.3 Å². The average Bonchev–Trinajstić information content (AvgIpc) is 2.53. The predicted octanol–water partition coefficient (Wildman–Crippen LogP) is 4.13. The lowest BCUT2D eigenvalue weighted by atomic mass is 9.97. The summed E-state index contributed by atoms with van der Waals surface area (Å²) in [6.45, 7) is 1.63. The molecule has 0 saturated carbocycles. The summed E-state index contributed by atoms with van der Waals surface area (Å²) in [7, 11) is 0. The van der Waals surface area contributed by atoms with E-state index < -0.39 is 0 Å². The average molecular weight is 285 g/mol. The fourth-order valence-corrected chi connectivity index (χ4v) is 3.05. The Labute approximate surface area is 124 Å². The zero-order valence-electron chi connectivity index (χ0n) is 11.6. The van der Waals surface area contributed by atoms with Gasteiger partial charge < -0.3 is 10.1 Å². The van der Waals surface area contributed by atoms with Crippen molar-refractivity contribution in [2.75, 3.05) is 24.7 Å². The van der Waals surface area contributed by atoms with E-state index in [-0.39, 0.29) is 6.10 Å². The molecule has 1 N–H and O–H groups in total. The Hall–Kier alpha value is -1.45. The van der Waals surface area contributed by atoms with Crippen molar-refractivity contribution in [3.63, 3.8) is 0 Å². The third-order valence-electron chi connectivity index (χ3n) is 3.65. The van der Waals surface area contributed by atoms with Crippen LogP contribution in [0.2, 0.25) is 0 Å². The van der Waals surface area contributed by atoms with Gasteiger partial charge in [0.25, 0.3) is 0 Å². The molecule has 20 heavy (non-hydrogen) atoms. The summed E-state index contributed by atoms with van der Waals surface area (Å²) >= 11 is 1.76. The molecule has 0 saturated heterocycles. The van der Waals surface area contributed by atoms with Crippen molar-refractivity contribution in [1.82, 2.24) is 0 Å². The highest BCUT2D eigenvalue weighted by atomic mass is 32.2. The van der Waals surface area contributed by atoms with Crippen LogP contribution in [0.25, 0.3) is 0 Å². The maximum absolute atomic E-state index is 5.92. The Morgan fingerprint density at radius 3 is 3.00 bits per heavy atom. The summed E-state index contributed by atoms with van der Waals surface area (Å²) in [6.07, 6.45) is 3.27. The number of hydrogen-bond acceptors (Lipinski definition) is 3. The van der Waals surface area contributed by atoms with Gasteiger partial charge in [0.2, 0.25) is 0 Å². The molecule has 1 heterocycles. The molecule has 0 fully saturated rings. The van der Waals surface area contributed by atoms with Crippen LogP contribution in [0.5, 0.6) is 0 Å². The second kappa shape index (κ2) is 6.33. The van der Waals surface area contributed by atoms with Gasteiger partial charge in [0.1, 0.15) is 0 Å². The molecular weight excluding hydrogens is 266 g/mol. The van der Waals surface area contributed by atoms with Gasteiger partial charge in [0.05, 0.1) is 12.7 Å². The van der Waals surface area contributed by atoms with Crippen LogP contribution >= 0.6 is 11.8 Å². The Kier molecular flexibility index (Phi) is 4.28. The third-order valence-corrected chi connectivity index (χ3v) is 4.38. The molecule has 1 aliphatic rings. The predicted molar refractivity (Wildman–Crippen MR) is 85.6 cm³/mol. The van der Waals surface area contributed by atoms with Crippen molar-refractivity contribution in [1.29, 1.82) is 0 Å². The summed E-state index contributed by atoms with van der Waals surface area (Å²) in [5.74, 6) is 0. The van der Waals surface area contributed by atoms with E-state index in [1.54, 1.807) is 11.8 Å². The lowest BCUT2D eigenvalue weighted by molar-refractivity contribution is 0.0513. The number of ether oxygens (including phenoxy) is 1. The molecule has 1 unspecified atom stereocenters. The van der Waals surface area contributed by atoms with Crippen LogP contribution in [-0.4, -0.2) is 19.4 Å². The van der Waals surface area contributed by atoms with Crippen LogP contribution < -0.4 is 5.32 Å². The summed E-state index contributed by atoms with van der Waals surface area (Å²) < 4.78 is 5.92. The van der Waals surface area contributed by atoms with Crippen LogP contribution in [-0.2, 0) is 11.2 Å². The lowest BCUT2D eigenvalue weighted by Crippen LogP contribution is -2.22. The molecule has 0 amide bonds. The minimum Gasteiger partial charge on any atom is -0.382 e. The highest BCUT2D eigenvalue weighted by Gasteiger charge is 2.19. The number of hydrogen-bond donors (Lipinski definition) is 1. The fourth-order valence-electron chi connectivity index (χ4n) is 2.59. The largest absolute Gasteiger partial charge is 0.382 e. The van der Waals surface area contributed by atoms with Crippen molar-refractivity contribution in [3.8, 4) is 0 Å². The van der Waals surface area contributed by atoms with Crippen molar-refractivity contribution >= 4 is 17.4 Å². The minimum absolute atomic E-state index is 0.151. The molecule has 2 aromatic rings. The molecule has 1 aliphatic heterocycles. The SMILES string of the molecule is CSc1cccc(NCC2OCCc3ccccc32)c1. The van der Waals surface area contributed by atoms with Crippen molar-refractivity contribution in [3.05, 3.63) is 59.7 Å². The quantitative estimate of drug-likeness (QED) is 0.853. The van der Waals surface area contributed by atoms with E-state index in [4.69, 9.17) is 4.74 Å². The molecular formula is C17H19NOS. The molecule has 3 rings (SSSR count). The molecule has 0 aromatic heterocycles. The number of fused-ring (bicyclic) bond motifs is 1. The van der Waals surface area contributed by atoms with Crippen LogP contribution in [0, 0.1) is 0 Å². The molecule has 0 spiro atoms. The Morgan fingerprint density at radius 2 is 2.10 bits per heavy atom. The topological polar surface area (TPSA) is 21.3 Å². The smallest absolute Gasteiger partial charge is 0.0999 e. The van der Waals surface area contributed by atoms with E-state index in [2.05, 4.69) is 60.1 Å². The van der Waals surface area contributed by atoms with E-state index >= 15 is 0 Å². The van der Waals surface area contributed by atoms with Crippen molar-refractivity contribution in [2.24, 2.45) is 0 Å². The van der Waals surface area contributed by atoms with Gasteiger partial charge >= 0.3 is 0 Å². The lowest BCUT2D eigenvalue weighted by Gasteiger charge is -2.26. The maximum atomic E-state index is 5.92. The molecule has 0 aliphatic carbocycles. The number of nitrogens with one attached hydrogen (secondary N) is 1. The summed E-state index contributed by atoms with van der Waals surface area (Å²) in [4.78, 5) is 1.28. The number of rotatable bonds is 4. The number of benzene rings is 2. The third kappa shape index (κ3) is 3.00. The molecule has 2 aromatic carbocycles. The second-order valence-electron chi connectivity index (χ2n) is 4.92. The van der Waals surface area contributed by atoms with Crippen molar-refractivity contribution < 1.29 is 4.74 Å². The zero-order valence-corrected chi connectivity index (χ0v) is 12.5. The Morgan fingerprint density at radius 1 is 1.20 bits per heavy atom. The van der Waals surface area contributed by atoms with Crippen molar-refractivity contribution in [2.45, 2.75) is 17.4 Å². The minimum atomic E-state index is 0.151. The monoisotopic (exact) mass is 285 g/mol. The second-order valence-corrected chi connectivity index (χ2v) is 5.80. The fraction of sp³-hybridized carbons (Fsp3) is 0.294. The van der Waals surface area contributed by atoms with Crippen LogP contribution in [0.1, 0.15) is 17.2 Å². The number of thioether (sulfide) groups is 1. The first-order chi connectivity index (χ1) is 9.86. The molecule has 104 valence electrons. The van der Waals surface area contributed by atoms with Gasteiger partial charge in [-0.25, -0.2) is 0 Å². The Balaban J connectivity index is 1.70. The van der Waals surface area contributed by atoms with E-state index in [0.29, 0.717) is 0 Å². The molecule has 0 radical (unpaired) electrons. The highest BCUT2D eigenvalue weighted by Crippen LogP contribution is 2.27. The van der Waals surface area contributed by atoms with E-state index in [0.717, 1.165) is 25.3 Å². The van der Waals surface area contributed by atoms with Gasteiger partial charge in [0, 0.05) is 17.1 Å². The zero-order chi connectivity index (χ0) is 13.8. The molecule has 3 heteroatoms. The van der Waals surface area contributed by atoms with Gasteiger partial charge in [-0.3, -0.25) is 0 Å². The van der Waals surface area contributed by atoms with E-state index in [9.17, 15) is 0 Å². The van der Waals surface area contributed by atoms with Gasteiger partial charge in [0.15, 0.2) is 0 Å². The maximum Gasteiger partial charge on any atom is 0.0999 e.